The average Bonchev–Trinajstić information content (AvgIpc) is 3.34. The number of carbonyl (C=O) groups excluding carboxylic acids is 2. The number of nitrogens with two attached hydrogens (primary N) is 1. The van der Waals surface area contributed by atoms with Crippen molar-refractivity contribution in [2.45, 2.75) is 13.5 Å². The van der Waals surface area contributed by atoms with Gasteiger partial charge in [-0.05, 0) is 48.9 Å². The zero-order valence-corrected chi connectivity index (χ0v) is 17.6. The fourth-order valence-corrected chi connectivity index (χ4v) is 3.41. The van der Waals surface area contributed by atoms with Crippen molar-refractivity contribution < 1.29 is 19.1 Å². The molecule has 0 bridgehead atoms. The number of Topliss-reactive ketones (excluding diaryl/α,β-unsaturated/α-hetero) is 1. The fourth-order valence-electron chi connectivity index (χ4n) is 3.41. The molecule has 0 spiro atoms. The molecule has 1 aliphatic rings. The number of rotatable bonds is 7. The van der Waals surface area contributed by atoms with Crippen molar-refractivity contribution in [2.75, 3.05) is 22.7 Å². The summed E-state index contributed by atoms with van der Waals surface area (Å²) < 4.78 is 10.8. The quantitative estimate of drug-likeness (QED) is 0.423. The number of nitrogens with zero attached hydrogens (tertiary/aromatic N) is 1. The van der Waals surface area contributed by atoms with Gasteiger partial charge in [0.2, 0.25) is 12.7 Å². The summed E-state index contributed by atoms with van der Waals surface area (Å²) in [5, 5.41) is 2.82. The van der Waals surface area contributed by atoms with E-state index in [0.29, 0.717) is 34.9 Å². The zero-order valence-electron chi connectivity index (χ0n) is 17.6. The highest BCUT2D eigenvalue weighted by Crippen LogP contribution is 2.29. The van der Waals surface area contributed by atoms with Crippen molar-refractivity contribution in [3.63, 3.8) is 0 Å². The Morgan fingerprint density at radius 2 is 1.72 bits per heavy atom. The molecule has 7 heteroatoms. The molecular weight excluding hydrogens is 406 g/mol. The van der Waals surface area contributed by atoms with E-state index in [1.165, 1.54) is 13.2 Å². The number of carbonyl (C=O) groups is 2. The number of hydrogen-bond donors (Lipinski definition) is 2. The average molecular weight is 429 g/mol. The molecule has 1 aliphatic heterocycles. The lowest BCUT2D eigenvalue weighted by Gasteiger charge is -2.26. The summed E-state index contributed by atoms with van der Waals surface area (Å²) in [6, 6.07) is 21.7. The Kier molecular flexibility index (Phi) is 6.07. The zero-order chi connectivity index (χ0) is 22.5. The SMILES string of the molecule is CC(=O)c1ccccc1N(Cc1ccc(C(=O)Nc2ccccc2N)cc1)C1=COCO1. The van der Waals surface area contributed by atoms with Gasteiger partial charge >= 0.3 is 0 Å². The topological polar surface area (TPSA) is 93.9 Å². The van der Waals surface area contributed by atoms with Crippen LogP contribution in [0.5, 0.6) is 0 Å². The van der Waals surface area contributed by atoms with Crippen molar-refractivity contribution in [2.24, 2.45) is 0 Å². The first kappa shape index (κ1) is 21.0. The number of para-hydroxylation sites is 3. The molecule has 0 aliphatic carbocycles. The van der Waals surface area contributed by atoms with Gasteiger partial charge in [0.05, 0.1) is 23.6 Å². The van der Waals surface area contributed by atoms with Gasteiger partial charge in [-0.25, -0.2) is 0 Å². The van der Waals surface area contributed by atoms with Crippen LogP contribution in [0.4, 0.5) is 17.1 Å². The van der Waals surface area contributed by atoms with Crippen LogP contribution in [0.1, 0.15) is 33.2 Å². The first-order valence-corrected chi connectivity index (χ1v) is 10.1. The molecule has 7 nitrogen and oxygen atoms in total. The maximum Gasteiger partial charge on any atom is 0.255 e. The first-order chi connectivity index (χ1) is 15.5. The summed E-state index contributed by atoms with van der Waals surface area (Å²) in [4.78, 5) is 26.6. The largest absolute Gasteiger partial charge is 0.459 e. The van der Waals surface area contributed by atoms with E-state index in [4.69, 9.17) is 15.2 Å². The van der Waals surface area contributed by atoms with Crippen molar-refractivity contribution in [1.82, 2.24) is 0 Å². The number of nitrogens with one attached hydrogen (secondary N) is 1. The number of amides is 1. The predicted molar refractivity (Wildman–Crippen MR) is 123 cm³/mol. The van der Waals surface area contributed by atoms with Gasteiger partial charge in [0.25, 0.3) is 5.91 Å². The summed E-state index contributed by atoms with van der Waals surface area (Å²) in [6.45, 7) is 2.08. The second kappa shape index (κ2) is 9.26. The van der Waals surface area contributed by atoms with E-state index in [0.717, 1.165) is 11.3 Å². The number of anilines is 3. The number of nitrogen functional groups attached to an aromatic ring is 1. The van der Waals surface area contributed by atoms with Gasteiger partial charge in [-0.2, -0.15) is 0 Å². The van der Waals surface area contributed by atoms with E-state index < -0.39 is 0 Å². The summed E-state index contributed by atoms with van der Waals surface area (Å²) >= 11 is 0. The molecule has 3 aromatic rings. The minimum atomic E-state index is -0.247. The van der Waals surface area contributed by atoms with Crippen LogP contribution in [0.3, 0.4) is 0 Å². The summed E-state index contributed by atoms with van der Waals surface area (Å²) in [6.07, 6.45) is 1.53. The van der Waals surface area contributed by atoms with Gasteiger partial charge in [0.1, 0.15) is 6.26 Å². The van der Waals surface area contributed by atoms with E-state index >= 15 is 0 Å². The third-order valence-corrected chi connectivity index (χ3v) is 5.06. The maximum atomic E-state index is 12.6. The Morgan fingerprint density at radius 3 is 2.41 bits per heavy atom. The molecule has 162 valence electrons. The van der Waals surface area contributed by atoms with Gasteiger partial charge in [0.15, 0.2) is 5.78 Å². The molecule has 0 aromatic heterocycles. The van der Waals surface area contributed by atoms with Crippen LogP contribution in [0.25, 0.3) is 0 Å². The molecular formula is C25H23N3O4. The molecule has 1 heterocycles. The lowest BCUT2D eigenvalue weighted by atomic mass is 10.1. The normalized spacial score (nSPS) is 12.3. The second-order valence-corrected chi connectivity index (χ2v) is 7.28. The van der Waals surface area contributed by atoms with E-state index in [1.807, 2.05) is 47.4 Å². The highest BCUT2D eigenvalue weighted by Gasteiger charge is 2.22. The fraction of sp³-hybridized carbons (Fsp3) is 0.120. The Bertz CT molecular complexity index is 1170. The van der Waals surface area contributed by atoms with Gasteiger partial charge in [-0.15, -0.1) is 0 Å². The molecule has 1 amide bonds. The van der Waals surface area contributed by atoms with Gasteiger partial charge in [0, 0.05) is 11.1 Å². The van der Waals surface area contributed by atoms with Crippen LogP contribution >= 0.6 is 0 Å². The highest BCUT2D eigenvalue weighted by atomic mass is 16.7. The van der Waals surface area contributed by atoms with Crippen molar-refractivity contribution in [3.05, 3.63) is 102 Å². The van der Waals surface area contributed by atoms with E-state index in [1.54, 1.807) is 30.3 Å². The Hall–Kier alpha value is -4.26. The molecule has 0 radical (unpaired) electrons. The minimum Gasteiger partial charge on any atom is -0.459 e. The molecule has 3 N–H and O–H groups in total. The minimum absolute atomic E-state index is 0.0441. The van der Waals surface area contributed by atoms with Gasteiger partial charge in [-0.3, -0.25) is 9.59 Å². The van der Waals surface area contributed by atoms with Gasteiger partial charge < -0.3 is 25.4 Å². The molecule has 0 atom stereocenters. The monoisotopic (exact) mass is 429 g/mol. The Morgan fingerprint density at radius 1 is 1.00 bits per heavy atom. The predicted octanol–water partition coefficient (Wildman–Crippen LogP) is 4.53. The number of ether oxygens (including phenoxy) is 2. The first-order valence-electron chi connectivity index (χ1n) is 10.1. The number of hydrogen-bond acceptors (Lipinski definition) is 6. The van der Waals surface area contributed by atoms with Crippen LogP contribution in [0.2, 0.25) is 0 Å². The molecule has 0 unspecified atom stereocenters. The van der Waals surface area contributed by atoms with Crippen molar-refractivity contribution in [3.8, 4) is 0 Å². The van der Waals surface area contributed by atoms with E-state index in [2.05, 4.69) is 5.32 Å². The maximum absolute atomic E-state index is 12.6. The molecule has 32 heavy (non-hydrogen) atoms. The van der Waals surface area contributed by atoms with Crippen LogP contribution in [0.15, 0.2) is 84.9 Å². The Balaban J connectivity index is 1.56. The second-order valence-electron chi connectivity index (χ2n) is 7.28. The van der Waals surface area contributed by atoms with Crippen molar-refractivity contribution >= 4 is 28.8 Å². The third kappa shape index (κ3) is 4.57. The molecule has 4 rings (SSSR count). The third-order valence-electron chi connectivity index (χ3n) is 5.06. The summed E-state index contributed by atoms with van der Waals surface area (Å²) in [7, 11) is 0. The van der Waals surface area contributed by atoms with Crippen LogP contribution in [0, 0.1) is 0 Å². The van der Waals surface area contributed by atoms with Crippen LogP contribution in [-0.4, -0.2) is 18.5 Å². The highest BCUT2D eigenvalue weighted by molar-refractivity contribution is 6.05. The summed E-state index contributed by atoms with van der Waals surface area (Å²) in [5.74, 6) is 0.223. The smallest absolute Gasteiger partial charge is 0.255 e. The molecule has 0 fully saturated rings. The molecule has 0 saturated heterocycles. The van der Waals surface area contributed by atoms with Crippen LogP contribution in [-0.2, 0) is 16.0 Å². The lowest BCUT2D eigenvalue weighted by molar-refractivity contribution is 0.0782. The van der Waals surface area contributed by atoms with Crippen molar-refractivity contribution in [1.29, 1.82) is 0 Å². The standard InChI is InChI=1S/C25H23N3O4/c1-17(29)20-6-2-5-9-23(20)28(24-15-31-16-32-24)14-18-10-12-19(13-11-18)25(30)27-22-8-4-3-7-21(22)26/h2-13,15H,14,16,26H2,1H3,(H,27,30). The van der Waals surface area contributed by atoms with E-state index in [-0.39, 0.29) is 18.5 Å². The van der Waals surface area contributed by atoms with Gasteiger partial charge in [-0.1, -0.05) is 36.4 Å². The Labute approximate surface area is 186 Å². The van der Waals surface area contributed by atoms with E-state index in [9.17, 15) is 9.59 Å². The molecule has 3 aromatic carbocycles. The number of ketones is 1. The summed E-state index contributed by atoms with van der Waals surface area (Å²) in [5.41, 5.74) is 9.71. The molecule has 0 saturated carbocycles. The lowest BCUT2D eigenvalue weighted by Crippen LogP contribution is -2.24. The number of benzene rings is 3. The van der Waals surface area contributed by atoms with Crippen LogP contribution < -0.4 is 16.0 Å².